The number of benzene rings is 1. The van der Waals surface area contributed by atoms with Gasteiger partial charge in [0, 0.05) is 20.3 Å². The Morgan fingerprint density at radius 1 is 1.14 bits per heavy atom. The van der Waals surface area contributed by atoms with Crippen LogP contribution in [0, 0.1) is 0 Å². The normalized spacial score (nSPS) is 10.7. The van der Waals surface area contributed by atoms with Crippen LogP contribution in [0.5, 0.6) is 11.5 Å². The van der Waals surface area contributed by atoms with E-state index in [0.29, 0.717) is 6.61 Å². The number of methoxy groups -OCH3 is 2. The van der Waals surface area contributed by atoms with Gasteiger partial charge in [-0.2, -0.15) is 0 Å². The minimum absolute atomic E-state index is 0.687. The number of hydrogen-bond donors (Lipinski definition) is 1. The first-order valence-electron chi connectivity index (χ1n) is 7.41. The van der Waals surface area contributed by atoms with Gasteiger partial charge in [-0.25, -0.2) is 0 Å². The predicted molar refractivity (Wildman–Crippen MR) is 89.3 cm³/mol. The van der Waals surface area contributed by atoms with Crippen LogP contribution in [0.4, 0.5) is 0 Å². The molecule has 0 aliphatic carbocycles. The maximum Gasteiger partial charge on any atom is 0.175 e. The molecule has 0 radical (unpaired) electrons. The second kappa shape index (κ2) is 10.9. The van der Waals surface area contributed by atoms with Crippen LogP contribution < -0.4 is 14.8 Å². The van der Waals surface area contributed by atoms with Crippen LogP contribution in [0.1, 0.15) is 31.7 Å². The van der Waals surface area contributed by atoms with E-state index < -0.39 is 0 Å². The molecule has 21 heavy (non-hydrogen) atoms. The van der Waals surface area contributed by atoms with Gasteiger partial charge >= 0.3 is 0 Å². The highest BCUT2D eigenvalue weighted by Gasteiger charge is 2.11. The zero-order valence-electron chi connectivity index (χ0n) is 13.2. The van der Waals surface area contributed by atoms with Crippen molar-refractivity contribution in [2.75, 3.05) is 34.0 Å². The van der Waals surface area contributed by atoms with Crippen LogP contribution in [0.15, 0.2) is 16.6 Å². The number of rotatable bonds is 11. The molecule has 0 aliphatic rings. The summed E-state index contributed by atoms with van der Waals surface area (Å²) in [5, 5.41) is 3.43. The molecule has 0 spiro atoms. The second-order valence-electron chi connectivity index (χ2n) is 4.83. The summed E-state index contributed by atoms with van der Waals surface area (Å²) >= 11 is 3.56. The lowest BCUT2D eigenvalue weighted by atomic mass is 10.2. The third kappa shape index (κ3) is 6.68. The first-order chi connectivity index (χ1) is 10.2. The molecule has 0 atom stereocenters. The van der Waals surface area contributed by atoms with E-state index >= 15 is 0 Å². The van der Waals surface area contributed by atoms with Crippen molar-refractivity contribution in [3.63, 3.8) is 0 Å². The van der Waals surface area contributed by atoms with Crippen molar-refractivity contribution in [3.05, 3.63) is 22.2 Å². The number of ether oxygens (including phenoxy) is 3. The van der Waals surface area contributed by atoms with Crippen molar-refractivity contribution in [2.24, 2.45) is 0 Å². The van der Waals surface area contributed by atoms with Gasteiger partial charge < -0.3 is 19.5 Å². The van der Waals surface area contributed by atoms with Gasteiger partial charge in [0.15, 0.2) is 11.5 Å². The largest absolute Gasteiger partial charge is 0.493 e. The van der Waals surface area contributed by atoms with E-state index in [4.69, 9.17) is 14.2 Å². The fourth-order valence-electron chi connectivity index (χ4n) is 1.95. The SMILES string of the molecule is CCCOc1c(Br)cc(CNCCCCOC)cc1OC. The molecule has 5 heteroatoms. The molecular weight excluding hydrogens is 334 g/mol. The highest BCUT2D eigenvalue weighted by Crippen LogP contribution is 2.36. The molecule has 0 aromatic heterocycles. The molecule has 4 nitrogen and oxygen atoms in total. The average molecular weight is 360 g/mol. The predicted octanol–water partition coefficient (Wildman–Crippen LogP) is 3.76. The Bertz CT molecular complexity index is 413. The van der Waals surface area contributed by atoms with Gasteiger partial charge in [0.2, 0.25) is 0 Å². The van der Waals surface area contributed by atoms with Gasteiger partial charge in [-0.15, -0.1) is 0 Å². The molecule has 0 saturated heterocycles. The Morgan fingerprint density at radius 2 is 1.95 bits per heavy atom. The van der Waals surface area contributed by atoms with Crippen LogP contribution in [0.2, 0.25) is 0 Å². The molecule has 0 saturated carbocycles. The van der Waals surface area contributed by atoms with Crippen LogP contribution in [0.25, 0.3) is 0 Å². The maximum atomic E-state index is 5.73. The Kier molecular flexibility index (Phi) is 9.46. The van der Waals surface area contributed by atoms with E-state index in [-0.39, 0.29) is 0 Å². The molecule has 0 aliphatic heterocycles. The maximum absolute atomic E-state index is 5.73. The molecule has 1 N–H and O–H groups in total. The molecule has 1 rings (SSSR count). The van der Waals surface area contributed by atoms with Gasteiger partial charge in [-0.3, -0.25) is 0 Å². The van der Waals surface area contributed by atoms with E-state index in [1.165, 1.54) is 5.56 Å². The quantitative estimate of drug-likeness (QED) is 0.610. The smallest absolute Gasteiger partial charge is 0.175 e. The fraction of sp³-hybridized carbons (Fsp3) is 0.625. The zero-order valence-corrected chi connectivity index (χ0v) is 14.8. The summed E-state index contributed by atoms with van der Waals surface area (Å²) in [5.74, 6) is 1.55. The summed E-state index contributed by atoms with van der Waals surface area (Å²) in [4.78, 5) is 0. The second-order valence-corrected chi connectivity index (χ2v) is 5.69. The number of hydrogen-bond acceptors (Lipinski definition) is 4. The number of halogens is 1. The van der Waals surface area contributed by atoms with Crippen LogP contribution in [0.3, 0.4) is 0 Å². The van der Waals surface area contributed by atoms with Crippen molar-refractivity contribution in [2.45, 2.75) is 32.7 Å². The molecule has 120 valence electrons. The van der Waals surface area contributed by atoms with Crippen LogP contribution in [-0.4, -0.2) is 34.0 Å². The highest BCUT2D eigenvalue weighted by atomic mass is 79.9. The van der Waals surface area contributed by atoms with E-state index in [9.17, 15) is 0 Å². The van der Waals surface area contributed by atoms with Gasteiger partial charge in [0.1, 0.15) is 0 Å². The lowest BCUT2D eigenvalue weighted by Gasteiger charge is -2.14. The van der Waals surface area contributed by atoms with Crippen molar-refractivity contribution in [1.82, 2.24) is 5.32 Å². The highest BCUT2D eigenvalue weighted by molar-refractivity contribution is 9.10. The average Bonchev–Trinajstić information content (AvgIpc) is 2.49. The molecule has 0 unspecified atom stereocenters. The van der Waals surface area contributed by atoms with E-state index in [1.807, 2.05) is 6.07 Å². The van der Waals surface area contributed by atoms with Gasteiger partial charge in [-0.1, -0.05) is 6.92 Å². The van der Waals surface area contributed by atoms with E-state index in [2.05, 4.69) is 34.2 Å². The summed E-state index contributed by atoms with van der Waals surface area (Å²) in [6.07, 6.45) is 3.17. The number of unbranched alkanes of at least 4 members (excludes halogenated alkanes) is 1. The Hall–Kier alpha value is -0.780. The van der Waals surface area contributed by atoms with Gasteiger partial charge in [0.25, 0.3) is 0 Å². The first kappa shape index (κ1) is 18.3. The van der Waals surface area contributed by atoms with E-state index in [0.717, 1.165) is 54.9 Å². The van der Waals surface area contributed by atoms with Crippen LogP contribution in [-0.2, 0) is 11.3 Å². The van der Waals surface area contributed by atoms with Crippen LogP contribution >= 0.6 is 15.9 Å². The monoisotopic (exact) mass is 359 g/mol. The molecule has 1 aromatic carbocycles. The van der Waals surface area contributed by atoms with Gasteiger partial charge in [0.05, 0.1) is 18.2 Å². The Morgan fingerprint density at radius 3 is 2.62 bits per heavy atom. The van der Waals surface area contributed by atoms with Crippen molar-refractivity contribution >= 4 is 15.9 Å². The summed E-state index contributed by atoms with van der Waals surface area (Å²) in [7, 11) is 3.40. The lowest BCUT2D eigenvalue weighted by molar-refractivity contribution is 0.192. The topological polar surface area (TPSA) is 39.7 Å². The molecule has 0 bridgehead atoms. The zero-order chi connectivity index (χ0) is 15.5. The minimum Gasteiger partial charge on any atom is -0.493 e. The summed E-state index contributed by atoms with van der Waals surface area (Å²) < 4.78 is 17.1. The molecule has 0 amide bonds. The van der Waals surface area contributed by atoms with E-state index in [1.54, 1.807) is 14.2 Å². The first-order valence-corrected chi connectivity index (χ1v) is 8.21. The summed E-state index contributed by atoms with van der Waals surface area (Å²) in [5.41, 5.74) is 1.18. The fourth-order valence-corrected chi connectivity index (χ4v) is 2.55. The lowest BCUT2D eigenvalue weighted by Crippen LogP contribution is -2.15. The Labute approximate surface area is 136 Å². The van der Waals surface area contributed by atoms with Crippen molar-refractivity contribution in [1.29, 1.82) is 0 Å². The standard InChI is InChI=1S/C16H26BrNO3/c1-4-8-21-16-14(17)10-13(11-15(16)20-3)12-18-7-5-6-9-19-2/h10-11,18H,4-9,12H2,1-3H3. The molecule has 0 heterocycles. The summed E-state index contributed by atoms with van der Waals surface area (Å²) in [6.45, 7) is 5.40. The number of nitrogens with one attached hydrogen (secondary N) is 1. The minimum atomic E-state index is 0.687. The Balaban J connectivity index is 2.53. The van der Waals surface area contributed by atoms with Gasteiger partial charge in [-0.05, 0) is 59.4 Å². The third-order valence-electron chi connectivity index (χ3n) is 3.02. The molecule has 1 aromatic rings. The van der Waals surface area contributed by atoms with Crippen molar-refractivity contribution in [3.8, 4) is 11.5 Å². The molecular formula is C16H26BrNO3. The van der Waals surface area contributed by atoms with Crippen molar-refractivity contribution < 1.29 is 14.2 Å². The molecule has 0 fully saturated rings. The third-order valence-corrected chi connectivity index (χ3v) is 3.61. The summed E-state index contributed by atoms with van der Waals surface area (Å²) in [6, 6.07) is 4.10.